The molecule has 0 aliphatic rings. The maximum atomic E-state index is 7.30. The Labute approximate surface area is 82.0 Å². The van der Waals surface area contributed by atoms with Gasteiger partial charge < -0.3 is 15.8 Å². The number of nitrogens with two attached hydrogens (primary N) is 1. The van der Waals surface area contributed by atoms with Gasteiger partial charge in [-0.2, -0.15) is 5.10 Å². The van der Waals surface area contributed by atoms with Crippen molar-refractivity contribution in [1.82, 2.24) is 10.2 Å². The van der Waals surface area contributed by atoms with Crippen LogP contribution in [0.15, 0.2) is 12.3 Å². The van der Waals surface area contributed by atoms with Crippen LogP contribution in [0.5, 0.6) is 0 Å². The molecule has 0 amide bonds. The first-order chi connectivity index (χ1) is 6.75. The number of amidine groups is 1. The lowest BCUT2D eigenvalue weighted by molar-refractivity contribution is 0.210. The van der Waals surface area contributed by atoms with Crippen molar-refractivity contribution in [1.29, 1.82) is 5.41 Å². The Balaban J connectivity index is 2.69. The number of nitrogens with one attached hydrogen (secondary N) is 2. The second-order valence-electron chi connectivity index (χ2n) is 2.63. The van der Waals surface area contributed by atoms with Gasteiger partial charge in [0.1, 0.15) is 5.84 Å². The van der Waals surface area contributed by atoms with E-state index in [2.05, 4.69) is 15.5 Å². The Morgan fingerprint density at radius 2 is 2.50 bits per heavy atom. The highest BCUT2D eigenvalue weighted by atomic mass is 16.5. The molecule has 0 spiro atoms. The van der Waals surface area contributed by atoms with Crippen molar-refractivity contribution in [3.8, 4) is 0 Å². The molecule has 0 aliphatic heterocycles. The van der Waals surface area contributed by atoms with Crippen LogP contribution in [0.1, 0.15) is 5.56 Å². The zero-order valence-corrected chi connectivity index (χ0v) is 7.95. The molecule has 0 bridgehead atoms. The number of aromatic nitrogens is 2. The van der Waals surface area contributed by atoms with Crippen molar-refractivity contribution in [2.24, 2.45) is 5.73 Å². The minimum atomic E-state index is -0.0279. The number of nitrogens with zero attached hydrogens (tertiary/aromatic N) is 2. The fourth-order valence-electron chi connectivity index (χ4n) is 0.951. The lowest BCUT2D eigenvalue weighted by atomic mass is 10.2. The first-order valence-corrected chi connectivity index (χ1v) is 4.14. The Hall–Kier alpha value is -1.69. The molecule has 0 aliphatic carbocycles. The Kier molecular flexibility index (Phi) is 3.81. The molecule has 76 valence electrons. The monoisotopic (exact) mass is 195 g/mol. The van der Waals surface area contributed by atoms with Gasteiger partial charge in [-0.05, 0) is 6.07 Å². The van der Waals surface area contributed by atoms with Gasteiger partial charge in [-0.1, -0.05) is 0 Å². The summed E-state index contributed by atoms with van der Waals surface area (Å²) in [7, 11) is 1.62. The fourth-order valence-corrected chi connectivity index (χ4v) is 0.951. The van der Waals surface area contributed by atoms with E-state index in [1.807, 2.05) is 0 Å². The van der Waals surface area contributed by atoms with Crippen LogP contribution >= 0.6 is 0 Å². The molecule has 1 rings (SSSR count). The van der Waals surface area contributed by atoms with Crippen LogP contribution in [0.4, 0.5) is 5.82 Å². The normalized spacial score (nSPS) is 9.79. The zero-order chi connectivity index (χ0) is 10.4. The summed E-state index contributed by atoms with van der Waals surface area (Å²) in [6.07, 6.45) is 1.50. The lowest BCUT2D eigenvalue weighted by Gasteiger charge is -2.07. The number of anilines is 1. The molecule has 0 unspecified atom stereocenters. The van der Waals surface area contributed by atoms with E-state index in [1.165, 1.54) is 6.20 Å². The molecule has 0 radical (unpaired) electrons. The van der Waals surface area contributed by atoms with Crippen molar-refractivity contribution < 1.29 is 4.74 Å². The summed E-state index contributed by atoms with van der Waals surface area (Å²) in [6.45, 7) is 1.17. The third kappa shape index (κ3) is 2.67. The van der Waals surface area contributed by atoms with E-state index in [9.17, 15) is 0 Å². The average molecular weight is 195 g/mol. The quantitative estimate of drug-likeness (QED) is 0.344. The van der Waals surface area contributed by atoms with Gasteiger partial charge in [-0.3, -0.25) is 5.41 Å². The summed E-state index contributed by atoms with van der Waals surface area (Å²) < 4.78 is 4.87. The molecule has 1 heterocycles. The van der Waals surface area contributed by atoms with Gasteiger partial charge in [-0.15, -0.1) is 5.10 Å². The molecule has 0 saturated heterocycles. The van der Waals surface area contributed by atoms with Gasteiger partial charge in [-0.25, -0.2) is 0 Å². The molecule has 6 nitrogen and oxygen atoms in total. The summed E-state index contributed by atoms with van der Waals surface area (Å²) in [5, 5.41) is 17.8. The number of hydrogen-bond acceptors (Lipinski definition) is 5. The topological polar surface area (TPSA) is 96.9 Å². The van der Waals surface area contributed by atoms with Crippen LogP contribution in [0.3, 0.4) is 0 Å². The summed E-state index contributed by atoms with van der Waals surface area (Å²) >= 11 is 0. The van der Waals surface area contributed by atoms with E-state index in [0.29, 0.717) is 24.5 Å². The van der Waals surface area contributed by atoms with Gasteiger partial charge in [0.05, 0.1) is 18.4 Å². The van der Waals surface area contributed by atoms with E-state index in [1.54, 1.807) is 13.2 Å². The highest BCUT2D eigenvalue weighted by Crippen LogP contribution is 2.07. The van der Waals surface area contributed by atoms with E-state index >= 15 is 0 Å². The molecule has 0 saturated carbocycles. The molecule has 4 N–H and O–H groups in total. The van der Waals surface area contributed by atoms with Crippen LogP contribution in [-0.4, -0.2) is 36.3 Å². The smallest absolute Gasteiger partial charge is 0.159 e. The van der Waals surface area contributed by atoms with Crippen molar-refractivity contribution in [3.63, 3.8) is 0 Å². The molecule has 0 atom stereocenters. The summed E-state index contributed by atoms with van der Waals surface area (Å²) in [6, 6.07) is 1.64. The van der Waals surface area contributed by atoms with Crippen LogP contribution in [0, 0.1) is 5.41 Å². The maximum absolute atomic E-state index is 7.30. The number of rotatable bonds is 5. The second-order valence-corrected chi connectivity index (χ2v) is 2.63. The minimum Gasteiger partial charge on any atom is -0.384 e. The molecular formula is C8H13N5O. The molecular weight excluding hydrogens is 182 g/mol. The van der Waals surface area contributed by atoms with Crippen molar-refractivity contribution in [2.45, 2.75) is 0 Å². The van der Waals surface area contributed by atoms with Crippen LogP contribution < -0.4 is 11.1 Å². The van der Waals surface area contributed by atoms with E-state index in [0.717, 1.165) is 0 Å². The van der Waals surface area contributed by atoms with Gasteiger partial charge in [0, 0.05) is 13.7 Å². The lowest BCUT2D eigenvalue weighted by Crippen LogP contribution is -2.17. The summed E-state index contributed by atoms with van der Waals surface area (Å²) in [5.74, 6) is 0.483. The number of ether oxygens (including phenoxy) is 1. The standard InChI is InChI=1S/C8H13N5O/c1-14-5-4-11-8-6(7(9)10)2-3-12-13-8/h2-3H,4-5H2,1H3,(H3,9,10)(H,11,13). The van der Waals surface area contributed by atoms with Crippen LogP contribution in [-0.2, 0) is 4.74 Å². The molecule has 1 aromatic rings. The van der Waals surface area contributed by atoms with Crippen molar-refractivity contribution >= 4 is 11.7 Å². The number of hydrogen-bond donors (Lipinski definition) is 3. The minimum absolute atomic E-state index is 0.0279. The SMILES string of the molecule is COCCNc1nnccc1C(=N)N. The summed E-state index contributed by atoms with van der Waals surface area (Å²) in [4.78, 5) is 0. The molecule has 1 aromatic heterocycles. The predicted octanol–water partition coefficient (Wildman–Crippen LogP) is -0.181. The van der Waals surface area contributed by atoms with E-state index in [4.69, 9.17) is 15.9 Å². The molecule has 0 fully saturated rings. The van der Waals surface area contributed by atoms with Crippen molar-refractivity contribution in [3.05, 3.63) is 17.8 Å². The third-order valence-corrected chi connectivity index (χ3v) is 1.61. The van der Waals surface area contributed by atoms with Gasteiger partial charge in [0.2, 0.25) is 0 Å². The highest BCUT2D eigenvalue weighted by Gasteiger charge is 2.05. The Bertz CT molecular complexity index is 314. The molecule has 14 heavy (non-hydrogen) atoms. The third-order valence-electron chi connectivity index (χ3n) is 1.61. The largest absolute Gasteiger partial charge is 0.384 e. The van der Waals surface area contributed by atoms with Crippen LogP contribution in [0.25, 0.3) is 0 Å². The average Bonchev–Trinajstić information content (AvgIpc) is 2.19. The number of methoxy groups -OCH3 is 1. The second kappa shape index (κ2) is 5.13. The van der Waals surface area contributed by atoms with Gasteiger partial charge in [0.15, 0.2) is 5.82 Å². The van der Waals surface area contributed by atoms with Crippen molar-refractivity contribution in [2.75, 3.05) is 25.6 Å². The highest BCUT2D eigenvalue weighted by molar-refractivity contribution is 5.99. The summed E-state index contributed by atoms with van der Waals surface area (Å²) in [5.41, 5.74) is 5.92. The van der Waals surface area contributed by atoms with Crippen LogP contribution in [0.2, 0.25) is 0 Å². The molecule has 0 aromatic carbocycles. The van der Waals surface area contributed by atoms with Gasteiger partial charge >= 0.3 is 0 Å². The first-order valence-electron chi connectivity index (χ1n) is 4.14. The predicted molar refractivity (Wildman–Crippen MR) is 53.4 cm³/mol. The Morgan fingerprint density at radius 3 is 3.14 bits per heavy atom. The Morgan fingerprint density at radius 1 is 1.71 bits per heavy atom. The number of nitrogen functional groups attached to an aromatic ring is 1. The zero-order valence-electron chi connectivity index (χ0n) is 7.95. The van der Waals surface area contributed by atoms with E-state index in [-0.39, 0.29) is 5.84 Å². The maximum Gasteiger partial charge on any atom is 0.159 e. The molecule has 6 heteroatoms. The van der Waals surface area contributed by atoms with Gasteiger partial charge in [0.25, 0.3) is 0 Å². The fraction of sp³-hybridized carbons (Fsp3) is 0.375. The van der Waals surface area contributed by atoms with E-state index < -0.39 is 0 Å². The first kappa shape index (κ1) is 10.4.